The van der Waals surface area contributed by atoms with Crippen LogP contribution in [-0.4, -0.2) is 51.5 Å². The third kappa shape index (κ3) is 5.77. The number of nitrogens with one attached hydrogen (secondary N) is 1. The molecule has 0 aliphatic carbocycles. The van der Waals surface area contributed by atoms with Gasteiger partial charge in [0.15, 0.2) is 0 Å². The summed E-state index contributed by atoms with van der Waals surface area (Å²) < 4.78 is 38.0. The summed E-state index contributed by atoms with van der Waals surface area (Å²) >= 11 is 0. The van der Waals surface area contributed by atoms with Gasteiger partial charge in [0.1, 0.15) is 18.1 Å². The van der Waals surface area contributed by atoms with Gasteiger partial charge in [0.25, 0.3) is 0 Å². The number of rotatable bonds is 8. The molecule has 1 N–H and O–H groups in total. The van der Waals surface area contributed by atoms with Crippen LogP contribution >= 0.6 is 0 Å². The number of hydrogen-bond donors (Lipinski definition) is 1. The summed E-state index contributed by atoms with van der Waals surface area (Å²) in [5.74, 6) is 1.15. The zero-order valence-electron chi connectivity index (χ0n) is 18.2. The Morgan fingerprint density at radius 1 is 1.13 bits per heavy atom. The van der Waals surface area contributed by atoms with E-state index in [4.69, 9.17) is 9.47 Å². The van der Waals surface area contributed by atoms with Gasteiger partial charge in [0.2, 0.25) is 15.9 Å². The van der Waals surface area contributed by atoms with E-state index < -0.39 is 10.0 Å². The van der Waals surface area contributed by atoms with Gasteiger partial charge < -0.3 is 14.8 Å². The Bertz CT molecular complexity index is 983. The highest BCUT2D eigenvalue weighted by atomic mass is 32.2. The highest BCUT2D eigenvalue weighted by Crippen LogP contribution is 2.25. The molecule has 168 valence electrons. The number of nitrogens with zero attached hydrogens (tertiary/aromatic N) is 1. The van der Waals surface area contributed by atoms with Gasteiger partial charge in [-0.2, -0.15) is 4.31 Å². The molecule has 0 spiro atoms. The second-order valence-electron chi connectivity index (χ2n) is 7.84. The molecule has 0 radical (unpaired) electrons. The molecular weight excluding hydrogens is 416 g/mol. The van der Waals surface area contributed by atoms with Gasteiger partial charge in [-0.1, -0.05) is 18.2 Å². The SMILES string of the molecule is COc1ccc(S(=O)(=O)N2CCC(C(=O)N[C@H](C)COc3ccccc3C)CC2)cc1. The van der Waals surface area contributed by atoms with Gasteiger partial charge in [-0.15, -0.1) is 0 Å². The zero-order chi connectivity index (χ0) is 22.4. The Morgan fingerprint density at radius 2 is 1.77 bits per heavy atom. The van der Waals surface area contributed by atoms with Crippen LogP contribution in [0.2, 0.25) is 0 Å². The van der Waals surface area contributed by atoms with Crippen molar-refractivity contribution < 1.29 is 22.7 Å². The fourth-order valence-corrected chi connectivity index (χ4v) is 5.06. The monoisotopic (exact) mass is 446 g/mol. The van der Waals surface area contributed by atoms with E-state index in [-0.39, 0.29) is 22.8 Å². The lowest BCUT2D eigenvalue weighted by molar-refractivity contribution is -0.126. The van der Waals surface area contributed by atoms with Gasteiger partial charge in [-0.25, -0.2) is 8.42 Å². The van der Waals surface area contributed by atoms with Crippen LogP contribution in [0.3, 0.4) is 0 Å². The predicted octanol–water partition coefficient (Wildman–Crippen LogP) is 2.99. The Kier molecular flexibility index (Phi) is 7.56. The normalized spacial score (nSPS) is 16.5. The minimum Gasteiger partial charge on any atom is -0.497 e. The molecular formula is C23H30N2O5S. The van der Waals surface area contributed by atoms with E-state index in [9.17, 15) is 13.2 Å². The average molecular weight is 447 g/mol. The van der Waals surface area contributed by atoms with E-state index in [1.165, 1.54) is 11.4 Å². The summed E-state index contributed by atoms with van der Waals surface area (Å²) in [7, 11) is -2.04. The fraction of sp³-hybridized carbons (Fsp3) is 0.435. The molecule has 2 aromatic rings. The van der Waals surface area contributed by atoms with Crippen LogP contribution in [0, 0.1) is 12.8 Å². The van der Waals surface area contributed by atoms with Crippen molar-refractivity contribution in [3.05, 3.63) is 54.1 Å². The summed E-state index contributed by atoms with van der Waals surface area (Å²) in [6.45, 7) is 4.90. The van der Waals surface area contributed by atoms with Gasteiger partial charge in [0, 0.05) is 19.0 Å². The molecule has 3 rings (SSSR count). The molecule has 0 saturated carbocycles. The summed E-state index contributed by atoms with van der Waals surface area (Å²) in [5, 5.41) is 2.99. The maximum Gasteiger partial charge on any atom is 0.243 e. The second kappa shape index (κ2) is 10.2. The topological polar surface area (TPSA) is 84.9 Å². The Hall–Kier alpha value is -2.58. The Morgan fingerprint density at radius 3 is 2.39 bits per heavy atom. The zero-order valence-corrected chi connectivity index (χ0v) is 19.0. The first-order chi connectivity index (χ1) is 14.8. The van der Waals surface area contributed by atoms with Crippen LogP contribution in [0.4, 0.5) is 0 Å². The van der Waals surface area contributed by atoms with Crippen LogP contribution in [0.25, 0.3) is 0 Å². The van der Waals surface area contributed by atoms with Crippen molar-refractivity contribution in [1.29, 1.82) is 0 Å². The maximum absolute atomic E-state index is 12.9. The summed E-state index contributed by atoms with van der Waals surface area (Å²) in [4.78, 5) is 12.9. The van der Waals surface area contributed by atoms with Crippen molar-refractivity contribution in [3.8, 4) is 11.5 Å². The van der Waals surface area contributed by atoms with Crippen molar-refractivity contribution in [2.75, 3.05) is 26.8 Å². The number of benzene rings is 2. The molecule has 1 aliphatic heterocycles. The lowest BCUT2D eigenvalue weighted by Crippen LogP contribution is -2.45. The number of methoxy groups -OCH3 is 1. The Balaban J connectivity index is 1.49. The molecule has 31 heavy (non-hydrogen) atoms. The molecule has 1 heterocycles. The number of aryl methyl sites for hydroxylation is 1. The van der Waals surface area contributed by atoms with Crippen LogP contribution < -0.4 is 14.8 Å². The average Bonchev–Trinajstić information content (AvgIpc) is 2.78. The fourth-order valence-electron chi connectivity index (χ4n) is 3.59. The quantitative estimate of drug-likeness (QED) is 0.674. The summed E-state index contributed by atoms with van der Waals surface area (Å²) in [6.07, 6.45) is 0.985. The molecule has 1 fully saturated rings. The first-order valence-electron chi connectivity index (χ1n) is 10.4. The number of carbonyl (C=O) groups excluding carboxylic acids is 1. The van der Waals surface area contributed by atoms with E-state index in [1.54, 1.807) is 24.3 Å². The number of piperidine rings is 1. The van der Waals surface area contributed by atoms with Gasteiger partial charge in [-0.05, 0) is 62.6 Å². The van der Waals surface area contributed by atoms with E-state index in [0.717, 1.165) is 11.3 Å². The summed E-state index contributed by atoms with van der Waals surface area (Å²) in [5.41, 5.74) is 1.05. The smallest absolute Gasteiger partial charge is 0.243 e. The van der Waals surface area contributed by atoms with Crippen LogP contribution in [0.1, 0.15) is 25.3 Å². The van der Waals surface area contributed by atoms with Crippen molar-refractivity contribution in [2.45, 2.75) is 37.6 Å². The van der Waals surface area contributed by atoms with Crippen molar-refractivity contribution in [2.24, 2.45) is 5.92 Å². The number of carbonyl (C=O) groups is 1. The minimum absolute atomic E-state index is 0.0534. The molecule has 0 unspecified atom stereocenters. The number of para-hydroxylation sites is 1. The standard InChI is InChI=1S/C23H30N2O5S/c1-17-6-4-5-7-22(17)30-16-18(2)24-23(26)19-12-14-25(15-13-19)31(27,28)21-10-8-20(29-3)9-11-21/h4-11,18-19H,12-16H2,1-3H3,(H,24,26)/t18-/m1/s1. The van der Waals surface area contributed by atoms with E-state index in [2.05, 4.69) is 5.32 Å². The van der Waals surface area contributed by atoms with Gasteiger partial charge >= 0.3 is 0 Å². The number of amides is 1. The van der Waals surface area contributed by atoms with Crippen LogP contribution in [0.5, 0.6) is 11.5 Å². The lowest BCUT2D eigenvalue weighted by Gasteiger charge is -2.31. The van der Waals surface area contributed by atoms with Crippen molar-refractivity contribution in [1.82, 2.24) is 9.62 Å². The number of sulfonamides is 1. The van der Waals surface area contributed by atoms with E-state index in [0.29, 0.717) is 38.3 Å². The first-order valence-corrected chi connectivity index (χ1v) is 11.9. The molecule has 1 amide bonds. The number of hydrogen-bond acceptors (Lipinski definition) is 5. The van der Waals surface area contributed by atoms with Crippen molar-refractivity contribution in [3.63, 3.8) is 0 Å². The highest BCUT2D eigenvalue weighted by molar-refractivity contribution is 7.89. The first kappa shape index (κ1) is 23.1. The largest absolute Gasteiger partial charge is 0.497 e. The molecule has 2 aromatic carbocycles. The molecule has 0 bridgehead atoms. The maximum atomic E-state index is 12.9. The molecule has 1 atom stereocenters. The minimum atomic E-state index is -3.58. The molecule has 1 saturated heterocycles. The molecule has 8 heteroatoms. The predicted molar refractivity (Wildman–Crippen MR) is 119 cm³/mol. The Labute approximate surface area is 184 Å². The second-order valence-corrected chi connectivity index (χ2v) is 9.78. The van der Waals surface area contributed by atoms with Crippen LogP contribution in [-0.2, 0) is 14.8 Å². The van der Waals surface area contributed by atoms with Crippen LogP contribution in [0.15, 0.2) is 53.4 Å². The third-order valence-corrected chi connectivity index (χ3v) is 7.41. The molecule has 7 nitrogen and oxygen atoms in total. The van der Waals surface area contributed by atoms with Gasteiger partial charge in [0.05, 0.1) is 18.0 Å². The summed E-state index contributed by atoms with van der Waals surface area (Å²) in [6, 6.07) is 14.0. The highest BCUT2D eigenvalue weighted by Gasteiger charge is 2.32. The molecule has 1 aliphatic rings. The van der Waals surface area contributed by atoms with E-state index >= 15 is 0 Å². The lowest BCUT2D eigenvalue weighted by atomic mass is 9.97. The third-order valence-electron chi connectivity index (χ3n) is 5.49. The van der Waals surface area contributed by atoms with Crippen molar-refractivity contribution >= 4 is 15.9 Å². The molecule has 0 aromatic heterocycles. The van der Waals surface area contributed by atoms with Gasteiger partial charge in [-0.3, -0.25) is 4.79 Å². The number of ether oxygens (including phenoxy) is 2. The van der Waals surface area contributed by atoms with E-state index in [1.807, 2.05) is 38.1 Å².